The first-order valence-corrected chi connectivity index (χ1v) is 9.94. The lowest BCUT2D eigenvalue weighted by atomic mass is 10.2. The molecule has 0 aromatic heterocycles. The molecule has 1 saturated heterocycles. The van der Waals surface area contributed by atoms with Gasteiger partial charge in [-0.2, -0.15) is 0 Å². The molecule has 0 aliphatic carbocycles. The third-order valence-electron chi connectivity index (χ3n) is 4.82. The average Bonchev–Trinajstić information content (AvgIpc) is 3.21. The molecule has 2 amide bonds. The minimum atomic E-state index is -0.148. The zero-order valence-electron chi connectivity index (χ0n) is 16.5. The van der Waals surface area contributed by atoms with Crippen LogP contribution in [0.5, 0.6) is 11.5 Å². The van der Waals surface area contributed by atoms with Gasteiger partial charge < -0.3 is 20.3 Å². The number of carbonyl (C=O) groups is 2. The minimum Gasteiger partial charge on any atom is -0.457 e. The molecule has 1 aliphatic heterocycles. The lowest BCUT2D eigenvalue weighted by Crippen LogP contribution is -2.24. The lowest BCUT2D eigenvalue weighted by molar-refractivity contribution is -0.117. The highest BCUT2D eigenvalue weighted by atomic mass is 16.5. The molecule has 152 valence electrons. The summed E-state index contributed by atoms with van der Waals surface area (Å²) >= 11 is 0. The Labute approximate surface area is 175 Å². The Morgan fingerprint density at radius 3 is 2.20 bits per heavy atom. The van der Waals surface area contributed by atoms with E-state index in [1.807, 2.05) is 66.7 Å². The number of benzene rings is 3. The summed E-state index contributed by atoms with van der Waals surface area (Å²) in [6.07, 6.45) is 1.51. The molecular formula is C24H23N3O3. The van der Waals surface area contributed by atoms with Crippen LogP contribution in [0.2, 0.25) is 0 Å². The predicted octanol–water partition coefficient (Wildman–Crippen LogP) is 4.66. The summed E-state index contributed by atoms with van der Waals surface area (Å²) < 4.78 is 5.75. The largest absolute Gasteiger partial charge is 0.457 e. The van der Waals surface area contributed by atoms with Gasteiger partial charge in [-0.3, -0.25) is 9.59 Å². The van der Waals surface area contributed by atoms with Crippen molar-refractivity contribution in [3.05, 3.63) is 78.9 Å². The van der Waals surface area contributed by atoms with Gasteiger partial charge in [-0.25, -0.2) is 0 Å². The van der Waals surface area contributed by atoms with Crippen LogP contribution >= 0.6 is 0 Å². The Kier molecular flexibility index (Phi) is 5.94. The Balaban J connectivity index is 1.26. The highest BCUT2D eigenvalue weighted by molar-refractivity contribution is 5.96. The van der Waals surface area contributed by atoms with Gasteiger partial charge in [-0.05, 0) is 67.1 Å². The van der Waals surface area contributed by atoms with E-state index in [0.717, 1.165) is 30.1 Å². The van der Waals surface area contributed by atoms with E-state index in [1.165, 1.54) is 0 Å². The standard InChI is InChI=1S/C24H23N3O3/c28-23(17-25-18-8-12-20(13-9-18)27-16-4-7-24(27)29)26-19-10-14-22(15-11-19)30-21-5-2-1-3-6-21/h1-3,5-6,8-15,25H,4,7,16-17H2,(H,26,28). The van der Waals surface area contributed by atoms with Crippen LogP contribution in [0.3, 0.4) is 0 Å². The van der Waals surface area contributed by atoms with Gasteiger partial charge in [-0.15, -0.1) is 0 Å². The molecule has 3 aromatic rings. The summed E-state index contributed by atoms with van der Waals surface area (Å²) in [5.41, 5.74) is 2.42. The van der Waals surface area contributed by atoms with Crippen molar-refractivity contribution in [1.82, 2.24) is 0 Å². The van der Waals surface area contributed by atoms with Gasteiger partial charge in [0, 0.05) is 30.0 Å². The molecular weight excluding hydrogens is 378 g/mol. The third kappa shape index (κ3) is 4.97. The summed E-state index contributed by atoms with van der Waals surface area (Å²) in [4.78, 5) is 25.8. The second-order valence-corrected chi connectivity index (χ2v) is 7.04. The van der Waals surface area contributed by atoms with Crippen LogP contribution in [-0.4, -0.2) is 24.9 Å². The lowest BCUT2D eigenvalue weighted by Gasteiger charge is -2.16. The van der Waals surface area contributed by atoms with E-state index in [0.29, 0.717) is 17.9 Å². The summed E-state index contributed by atoms with van der Waals surface area (Å²) in [6.45, 7) is 0.910. The summed E-state index contributed by atoms with van der Waals surface area (Å²) in [5.74, 6) is 1.48. The topological polar surface area (TPSA) is 70.7 Å². The summed E-state index contributed by atoms with van der Waals surface area (Å²) in [7, 11) is 0. The Morgan fingerprint density at radius 2 is 1.53 bits per heavy atom. The number of hydrogen-bond donors (Lipinski definition) is 2. The first-order chi connectivity index (χ1) is 14.7. The number of anilines is 3. The molecule has 1 fully saturated rings. The second-order valence-electron chi connectivity index (χ2n) is 7.04. The first kappa shape index (κ1) is 19.5. The van der Waals surface area contributed by atoms with Gasteiger partial charge in [0.1, 0.15) is 11.5 Å². The fourth-order valence-corrected chi connectivity index (χ4v) is 3.30. The Morgan fingerprint density at radius 1 is 0.867 bits per heavy atom. The molecule has 30 heavy (non-hydrogen) atoms. The van der Waals surface area contributed by atoms with Crippen LogP contribution in [-0.2, 0) is 9.59 Å². The Hall–Kier alpha value is -3.80. The van der Waals surface area contributed by atoms with E-state index < -0.39 is 0 Å². The van der Waals surface area contributed by atoms with Crippen LogP contribution in [0.4, 0.5) is 17.1 Å². The normalized spacial score (nSPS) is 13.2. The SMILES string of the molecule is O=C(CNc1ccc(N2CCCC2=O)cc1)Nc1ccc(Oc2ccccc2)cc1. The van der Waals surface area contributed by atoms with Gasteiger partial charge >= 0.3 is 0 Å². The highest BCUT2D eigenvalue weighted by Crippen LogP contribution is 2.24. The molecule has 0 bridgehead atoms. The number of nitrogens with zero attached hydrogens (tertiary/aromatic N) is 1. The molecule has 6 heteroatoms. The Bertz CT molecular complexity index is 1000. The molecule has 0 atom stereocenters. The summed E-state index contributed by atoms with van der Waals surface area (Å²) in [6, 6.07) is 24.3. The molecule has 1 heterocycles. The predicted molar refractivity (Wildman–Crippen MR) is 118 cm³/mol. The second kappa shape index (κ2) is 9.13. The maximum Gasteiger partial charge on any atom is 0.243 e. The molecule has 2 N–H and O–H groups in total. The van der Waals surface area contributed by atoms with Crippen molar-refractivity contribution in [2.75, 3.05) is 28.6 Å². The van der Waals surface area contributed by atoms with E-state index in [4.69, 9.17) is 4.74 Å². The quantitative estimate of drug-likeness (QED) is 0.604. The molecule has 0 saturated carbocycles. The molecule has 0 radical (unpaired) electrons. The molecule has 0 spiro atoms. The van der Waals surface area contributed by atoms with Gasteiger partial charge in [-0.1, -0.05) is 18.2 Å². The van der Waals surface area contributed by atoms with Crippen LogP contribution < -0.4 is 20.3 Å². The third-order valence-corrected chi connectivity index (χ3v) is 4.82. The number of carbonyl (C=O) groups excluding carboxylic acids is 2. The smallest absolute Gasteiger partial charge is 0.243 e. The van der Waals surface area contributed by atoms with Crippen molar-refractivity contribution in [2.24, 2.45) is 0 Å². The van der Waals surface area contributed by atoms with Gasteiger partial charge in [0.15, 0.2) is 0 Å². The zero-order chi connectivity index (χ0) is 20.8. The fourth-order valence-electron chi connectivity index (χ4n) is 3.30. The number of amides is 2. The number of nitrogens with one attached hydrogen (secondary N) is 2. The van der Waals surface area contributed by atoms with Gasteiger partial charge in [0.25, 0.3) is 0 Å². The van der Waals surface area contributed by atoms with Crippen LogP contribution in [0.15, 0.2) is 78.9 Å². The average molecular weight is 401 g/mol. The first-order valence-electron chi connectivity index (χ1n) is 9.94. The van der Waals surface area contributed by atoms with Crippen molar-refractivity contribution in [3.8, 4) is 11.5 Å². The highest BCUT2D eigenvalue weighted by Gasteiger charge is 2.21. The number of rotatable bonds is 7. The van der Waals surface area contributed by atoms with Crippen LogP contribution in [0.25, 0.3) is 0 Å². The van der Waals surface area contributed by atoms with Crippen molar-refractivity contribution in [3.63, 3.8) is 0 Å². The zero-order valence-corrected chi connectivity index (χ0v) is 16.5. The van der Waals surface area contributed by atoms with Crippen molar-refractivity contribution < 1.29 is 14.3 Å². The number of ether oxygens (including phenoxy) is 1. The maximum atomic E-state index is 12.2. The molecule has 4 rings (SSSR count). The minimum absolute atomic E-state index is 0.143. The van der Waals surface area contributed by atoms with Crippen LogP contribution in [0, 0.1) is 0 Å². The monoisotopic (exact) mass is 401 g/mol. The molecule has 3 aromatic carbocycles. The van der Waals surface area contributed by atoms with E-state index >= 15 is 0 Å². The van der Waals surface area contributed by atoms with Crippen molar-refractivity contribution in [2.45, 2.75) is 12.8 Å². The molecule has 0 unspecified atom stereocenters. The van der Waals surface area contributed by atoms with Gasteiger partial charge in [0.2, 0.25) is 11.8 Å². The van der Waals surface area contributed by atoms with Crippen molar-refractivity contribution in [1.29, 1.82) is 0 Å². The van der Waals surface area contributed by atoms with Crippen molar-refractivity contribution >= 4 is 28.9 Å². The number of hydrogen-bond acceptors (Lipinski definition) is 4. The fraction of sp³-hybridized carbons (Fsp3) is 0.167. The summed E-state index contributed by atoms with van der Waals surface area (Å²) in [5, 5.41) is 5.95. The van der Waals surface area contributed by atoms with E-state index in [1.54, 1.807) is 17.0 Å². The molecule has 6 nitrogen and oxygen atoms in total. The van der Waals surface area contributed by atoms with E-state index in [9.17, 15) is 9.59 Å². The van der Waals surface area contributed by atoms with E-state index in [-0.39, 0.29) is 18.4 Å². The van der Waals surface area contributed by atoms with E-state index in [2.05, 4.69) is 10.6 Å². The molecule has 1 aliphatic rings. The number of para-hydroxylation sites is 1. The van der Waals surface area contributed by atoms with Gasteiger partial charge in [0.05, 0.1) is 6.54 Å². The van der Waals surface area contributed by atoms with Crippen LogP contribution in [0.1, 0.15) is 12.8 Å². The maximum absolute atomic E-state index is 12.2.